The lowest BCUT2D eigenvalue weighted by Crippen LogP contribution is -2.42. The zero-order valence-electron chi connectivity index (χ0n) is 14.7. The Bertz CT molecular complexity index is 677. The van der Waals surface area contributed by atoms with Gasteiger partial charge in [0, 0.05) is 18.8 Å². The van der Waals surface area contributed by atoms with Crippen molar-refractivity contribution in [2.45, 2.75) is 38.6 Å². The predicted molar refractivity (Wildman–Crippen MR) is 92.3 cm³/mol. The number of likely N-dealkylation sites (tertiary alicyclic amines) is 1. The second-order valence-electron chi connectivity index (χ2n) is 7.46. The number of nitrogens with one attached hydrogen (secondary N) is 1. The molecule has 7 heteroatoms. The number of hydrogen-bond donors (Lipinski definition) is 1. The molecule has 0 aromatic heterocycles. The number of ether oxygens (including phenoxy) is 1. The third-order valence-corrected chi connectivity index (χ3v) is 4.60. The van der Waals surface area contributed by atoms with Gasteiger partial charge in [-0.15, -0.1) is 0 Å². The molecule has 134 valence electrons. The van der Waals surface area contributed by atoms with Gasteiger partial charge >= 0.3 is 12.1 Å². The molecule has 2 heterocycles. The van der Waals surface area contributed by atoms with Gasteiger partial charge in [0.2, 0.25) is 0 Å². The summed E-state index contributed by atoms with van der Waals surface area (Å²) in [6.45, 7) is 7.02. The Morgan fingerprint density at radius 3 is 2.44 bits per heavy atom. The van der Waals surface area contributed by atoms with Crippen LogP contribution in [0.4, 0.5) is 15.3 Å². The van der Waals surface area contributed by atoms with Crippen LogP contribution < -0.4 is 5.32 Å². The van der Waals surface area contributed by atoms with E-state index in [1.165, 1.54) is 5.56 Å². The molecule has 0 spiro atoms. The molecule has 2 aliphatic rings. The summed E-state index contributed by atoms with van der Waals surface area (Å²) < 4.78 is 4.74. The van der Waals surface area contributed by atoms with E-state index in [2.05, 4.69) is 26.1 Å². The first-order chi connectivity index (χ1) is 11.8. The predicted octanol–water partition coefficient (Wildman–Crippen LogP) is 2.57. The average molecular weight is 345 g/mol. The van der Waals surface area contributed by atoms with Gasteiger partial charge in [0.05, 0.1) is 6.04 Å². The number of benzene rings is 1. The van der Waals surface area contributed by atoms with Gasteiger partial charge in [-0.1, -0.05) is 32.9 Å². The summed E-state index contributed by atoms with van der Waals surface area (Å²) >= 11 is 0. The number of anilines is 1. The number of urea groups is 1. The van der Waals surface area contributed by atoms with E-state index < -0.39 is 6.09 Å². The Labute approximate surface area is 146 Å². The van der Waals surface area contributed by atoms with Crippen molar-refractivity contribution in [3.8, 4) is 0 Å². The second kappa shape index (κ2) is 6.38. The summed E-state index contributed by atoms with van der Waals surface area (Å²) in [6, 6.07) is 7.23. The van der Waals surface area contributed by atoms with E-state index in [9.17, 15) is 14.4 Å². The Morgan fingerprint density at radius 1 is 1.20 bits per heavy atom. The molecule has 4 amide bonds. The van der Waals surface area contributed by atoms with Gasteiger partial charge in [-0.2, -0.15) is 0 Å². The summed E-state index contributed by atoms with van der Waals surface area (Å²) in [6.07, 6.45) is -0.0490. The van der Waals surface area contributed by atoms with Crippen molar-refractivity contribution in [2.24, 2.45) is 0 Å². The van der Waals surface area contributed by atoms with Crippen molar-refractivity contribution < 1.29 is 19.1 Å². The van der Waals surface area contributed by atoms with Crippen LogP contribution in [-0.2, 0) is 14.9 Å². The molecule has 1 aromatic rings. The molecular weight excluding hydrogens is 322 g/mol. The highest BCUT2D eigenvalue weighted by molar-refractivity contribution is 5.98. The summed E-state index contributed by atoms with van der Waals surface area (Å²) in [7, 11) is 0. The summed E-state index contributed by atoms with van der Waals surface area (Å²) in [5.74, 6) is -0.338. The Morgan fingerprint density at radius 2 is 1.88 bits per heavy atom. The molecule has 0 bridgehead atoms. The van der Waals surface area contributed by atoms with Crippen molar-refractivity contribution >= 4 is 23.7 Å². The normalized spacial score (nSPS) is 20.8. The fourth-order valence-corrected chi connectivity index (χ4v) is 3.11. The van der Waals surface area contributed by atoms with E-state index >= 15 is 0 Å². The number of nitrogens with zero attached hydrogens (tertiary/aromatic N) is 2. The van der Waals surface area contributed by atoms with E-state index in [0.717, 1.165) is 10.6 Å². The molecule has 7 nitrogen and oxygen atoms in total. The number of carbonyl (C=O) groups excluding carboxylic acids is 3. The van der Waals surface area contributed by atoms with E-state index in [1.807, 2.05) is 24.3 Å². The number of cyclic esters (lactones) is 1. The minimum absolute atomic E-state index is 0.0571. The number of imide groups is 1. The van der Waals surface area contributed by atoms with Crippen LogP contribution in [0.2, 0.25) is 0 Å². The quantitative estimate of drug-likeness (QED) is 0.893. The van der Waals surface area contributed by atoms with Crippen LogP contribution in [0.25, 0.3) is 0 Å². The van der Waals surface area contributed by atoms with Crippen molar-refractivity contribution in [2.75, 3.05) is 25.0 Å². The first-order valence-corrected chi connectivity index (χ1v) is 8.41. The minimum Gasteiger partial charge on any atom is -0.439 e. The van der Waals surface area contributed by atoms with Gasteiger partial charge in [0.25, 0.3) is 5.91 Å². The monoisotopic (exact) mass is 345 g/mol. The standard InChI is InChI=1S/C18H23N3O4/c1-18(2,3)12-4-6-13(7-5-12)19-16(23)20-9-8-14(10-20)21-15(22)11-25-17(21)24/h4-7,14H,8-11H2,1-3H3,(H,19,23). The van der Waals surface area contributed by atoms with Crippen molar-refractivity contribution in [1.29, 1.82) is 0 Å². The van der Waals surface area contributed by atoms with Gasteiger partial charge in [0.1, 0.15) is 0 Å². The van der Waals surface area contributed by atoms with Crippen molar-refractivity contribution in [3.63, 3.8) is 0 Å². The van der Waals surface area contributed by atoms with Crippen LogP contribution in [0.1, 0.15) is 32.8 Å². The highest BCUT2D eigenvalue weighted by Crippen LogP contribution is 2.24. The molecule has 2 aliphatic heterocycles. The number of hydrogen-bond acceptors (Lipinski definition) is 4. The maximum Gasteiger partial charge on any atom is 0.417 e. The summed E-state index contributed by atoms with van der Waals surface area (Å²) in [5, 5.41) is 2.86. The number of rotatable bonds is 2. The molecule has 3 rings (SSSR count). The van der Waals surface area contributed by atoms with E-state index in [1.54, 1.807) is 4.90 Å². The first-order valence-electron chi connectivity index (χ1n) is 8.41. The first kappa shape index (κ1) is 17.3. The fraction of sp³-hybridized carbons (Fsp3) is 0.500. The largest absolute Gasteiger partial charge is 0.439 e. The minimum atomic E-state index is -0.616. The van der Waals surface area contributed by atoms with Crippen LogP contribution in [-0.4, -0.2) is 53.6 Å². The molecule has 0 aliphatic carbocycles. The zero-order chi connectivity index (χ0) is 18.2. The fourth-order valence-electron chi connectivity index (χ4n) is 3.11. The Kier molecular flexibility index (Phi) is 4.41. The molecule has 2 saturated heterocycles. The lowest BCUT2D eigenvalue weighted by Gasteiger charge is -2.21. The molecule has 2 fully saturated rings. The van der Waals surface area contributed by atoms with Gasteiger partial charge < -0.3 is 15.0 Å². The molecule has 0 saturated carbocycles. The summed E-state index contributed by atoms with van der Waals surface area (Å²) in [4.78, 5) is 38.5. The number of amides is 4. The lowest BCUT2D eigenvalue weighted by molar-refractivity contribution is -0.127. The third kappa shape index (κ3) is 3.60. The van der Waals surface area contributed by atoms with Crippen LogP contribution in [0.15, 0.2) is 24.3 Å². The molecular formula is C18H23N3O4. The molecule has 0 radical (unpaired) electrons. The van der Waals surface area contributed by atoms with Gasteiger partial charge in [0.15, 0.2) is 6.61 Å². The van der Waals surface area contributed by atoms with E-state index in [-0.39, 0.29) is 30.0 Å². The molecule has 25 heavy (non-hydrogen) atoms. The summed E-state index contributed by atoms with van der Waals surface area (Å²) in [5.41, 5.74) is 1.97. The van der Waals surface area contributed by atoms with Crippen molar-refractivity contribution in [3.05, 3.63) is 29.8 Å². The zero-order valence-corrected chi connectivity index (χ0v) is 14.7. The Balaban J connectivity index is 1.59. The molecule has 1 aromatic carbocycles. The van der Waals surface area contributed by atoms with Crippen LogP contribution in [0.5, 0.6) is 0 Å². The highest BCUT2D eigenvalue weighted by atomic mass is 16.6. The topological polar surface area (TPSA) is 79.0 Å². The number of carbonyl (C=O) groups is 3. The molecule has 1 unspecified atom stereocenters. The van der Waals surface area contributed by atoms with E-state index in [4.69, 9.17) is 4.74 Å². The lowest BCUT2D eigenvalue weighted by atomic mass is 9.87. The van der Waals surface area contributed by atoms with E-state index in [0.29, 0.717) is 19.5 Å². The smallest absolute Gasteiger partial charge is 0.417 e. The molecule has 1 atom stereocenters. The van der Waals surface area contributed by atoms with Crippen LogP contribution in [0, 0.1) is 0 Å². The van der Waals surface area contributed by atoms with Gasteiger partial charge in [-0.3, -0.25) is 4.79 Å². The maximum absolute atomic E-state index is 12.4. The highest BCUT2D eigenvalue weighted by Gasteiger charge is 2.41. The third-order valence-electron chi connectivity index (χ3n) is 4.60. The van der Waals surface area contributed by atoms with Crippen LogP contribution in [0.3, 0.4) is 0 Å². The Hall–Kier alpha value is -2.57. The molecule has 1 N–H and O–H groups in total. The van der Waals surface area contributed by atoms with Crippen molar-refractivity contribution in [1.82, 2.24) is 9.80 Å². The second-order valence-corrected chi connectivity index (χ2v) is 7.46. The SMILES string of the molecule is CC(C)(C)c1ccc(NC(=O)N2CCC(N3C(=O)COC3=O)C2)cc1. The van der Waals surface area contributed by atoms with Crippen LogP contribution >= 0.6 is 0 Å². The average Bonchev–Trinajstić information content (AvgIpc) is 3.14. The van der Waals surface area contributed by atoms with Gasteiger partial charge in [-0.05, 0) is 29.5 Å². The maximum atomic E-state index is 12.4. The van der Waals surface area contributed by atoms with Gasteiger partial charge in [-0.25, -0.2) is 14.5 Å².